The van der Waals surface area contributed by atoms with Gasteiger partial charge in [-0.3, -0.25) is 4.79 Å². The summed E-state index contributed by atoms with van der Waals surface area (Å²) in [5, 5.41) is 51.3. The lowest BCUT2D eigenvalue weighted by Gasteiger charge is -2.64. The van der Waals surface area contributed by atoms with Crippen molar-refractivity contribution in [1.82, 2.24) is 0 Å². The minimum Gasteiger partial charge on any atom is -0.394 e. The van der Waals surface area contributed by atoms with E-state index in [0.717, 1.165) is 44.9 Å². The zero-order valence-electron chi connectivity index (χ0n) is 20.7. The molecule has 194 valence electrons. The van der Waals surface area contributed by atoms with Gasteiger partial charge in [-0.15, -0.1) is 0 Å². The van der Waals surface area contributed by atoms with E-state index in [2.05, 4.69) is 20.8 Å². The fourth-order valence-electron chi connectivity index (χ4n) is 9.26. The van der Waals surface area contributed by atoms with Gasteiger partial charge in [0, 0.05) is 17.3 Å². The fourth-order valence-corrected chi connectivity index (χ4v) is 9.26. The molecule has 8 heteroatoms. The Bertz CT molecular complexity index is 815. The SMILES string of the molecule is CC1(C)C(=O)CC[C@]2(C)C1CCC13C[C@@H](O)C(CO[C@@H]4O[C@H](CO)[C@@H](O)[C@H](O)[C@H]4O)(CC[C@H]12)C3. The van der Waals surface area contributed by atoms with Gasteiger partial charge >= 0.3 is 0 Å². The van der Waals surface area contributed by atoms with Crippen molar-refractivity contribution in [3.63, 3.8) is 0 Å². The molecule has 0 amide bonds. The summed E-state index contributed by atoms with van der Waals surface area (Å²) in [4.78, 5) is 12.7. The number of carbonyl (C=O) groups is 1. The summed E-state index contributed by atoms with van der Waals surface area (Å²) in [6.07, 6.45) is -0.114. The Balaban J connectivity index is 1.33. The third-order valence-electron chi connectivity index (χ3n) is 11.1. The average Bonchev–Trinajstić information content (AvgIpc) is 2.99. The first-order valence-corrected chi connectivity index (χ1v) is 13.0. The van der Waals surface area contributed by atoms with Crippen LogP contribution in [-0.2, 0) is 14.3 Å². The first-order valence-electron chi connectivity index (χ1n) is 13.0. The van der Waals surface area contributed by atoms with Gasteiger partial charge < -0.3 is 35.0 Å². The lowest BCUT2D eigenvalue weighted by atomic mass is 9.40. The molecule has 34 heavy (non-hydrogen) atoms. The van der Waals surface area contributed by atoms with Crippen molar-refractivity contribution in [1.29, 1.82) is 0 Å². The molecule has 1 heterocycles. The molecule has 3 unspecified atom stereocenters. The topological polar surface area (TPSA) is 137 Å². The maximum atomic E-state index is 12.7. The van der Waals surface area contributed by atoms with E-state index in [4.69, 9.17) is 9.47 Å². The van der Waals surface area contributed by atoms with Gasteiger partial charge in [-0.1, -0.05) is 20.8 Å². The first-order chi connectivity index (χ1) is 15.9. The van der Waals surface area contributed by atoms with E-state index in [1.807, 2.05) is 0 Å². The molecule has 5 fully saturated rings. The fraction of sp³-hybridized carbons (Fsp3) is 0.962. The molecule has 0 aromatic rings. The maximum absolute atomic E-state index is 12.7. The lowest BCUT2D eigenvalue weighted by Crippen LogP contribution is -2.60. The van der Waals surface area contributed by atoms with Gasteiger partial charge in [-0.2, -0.15) is 0 Å². The molecule has 11 atom stereocenters. The van der Waals surface area contributed by atoms with Gasteiger partial charge in [0.05, 0.1) is 19.3 Å². The number of hydrogen-bond donors (Lipinski definition) is 5. The molecule has 5 rings (SSSR count). The lowest BCUT2D eigenvalue weighted by molar-refractivity contribution is -0.309. The average molecular weight is 483 g/mol. The molecule has 1 aliphatic heterocycles. The van der Waals surface area contributed by atoms with Gasteiger partial charge in [0.1, 0.15) is 30.2 Å². The smallest absolute Gasteiger partial charge is 0.186 e. The predicted molar refractivity (Wildman–Crippen MR) is 121 cm³/mol. The highest BCUT2D eigenvalue weighted by atomic mass is 16.7. The molecule has 0 aromatic carbocycles. The minimum atomic E-state index is -1.48. The number of aliphatic hydroxyl groups is 5. The number of Topliss-reactive ketones (excluding diaryl/α,β-unsaturated/α-hetero) is 1. The molecule has 0 aromatic heterocycles. The number of aliphatic hydroxyl groups excluding tert-OH is 5. The van der Waals surface area contributed by atoms with Crippen molar-refractivity contribution in [2.45, 2.75) is 109 Å². The summed E-state index contributed by atoms with van der Waals surface area (Å²) in [6, 6.07) is 0. The highest BCUT2D eigenvalue weighted by Crippen LogP contribution is 2.73. The highest BCUT2D eigenvalue weighted by molar-refractivity contribution is 5.85. The number of hydrogen-bond acceptors (Lipinski definition) is 8. The Morgan fingerprint density at radius 1 is 0.971 bits per heavy atom. The molecule has 1 spiro atoms. The number of ether oxygens (including phenoxy) is 2. The van der Waals surface area contributed by atoms with Crippen LogP contribution in [0.5, 0.6) is 0 Å². The monoisotopic (exact) mass is 482 g/mol. The largest absolute Gasteiger partial charge is 0.394 e. The molecule has 4 aliphatic carbocycles. The highest BCUT2D eigenvalue weighted by Gasteiger charge is 2.68. The summed E-state index contributed by atoms with van der Waals surface area (Å²) in [7, 11) is 0. The van der Waals surface area contributed by atoms with Crippen molar-refractivity contribution in [2.75, 3.05) is 13.2 Å². The van der Waals surface area contributed by atoms with E-state index in [1.165, 1.54) is 0 Å². The molecule has 5 N–H and O–H groups in total. The number of fused-ring (bicyclic) bond motifs is 3. The van der Waals surface area contributed by atoms with Crippen LogP contribution in [0.4, 0.5) is 0 Å². The van der Waals surface area contributed by atoms with Crippen LogP contribution in [0, 0.1) is 33.5 Å². The predicted octanol–water partition coefficient (Wildman–Crippen LogP) is 1.15. The normalized spacial score (nSPS) is 54.4. The van der Waals surface area contributed by atoms with E-state index in [9.17, 15) is 30.3 Å². The molecule has 2 bridgehead atoms. The zero-order valence-corrected chi connectivity index (χ0v) is 20.7. The Morgan fingerprint density at radius 2 is 1.68 bits per heavy atom. The maximum Gasteiger partial charge on any atom is 0.186 e. The molecular weight excluding hydrogens is 440 g/mol. The van der Waals surface area contributed by atoms with Gasteiger partial charge in [-0.25, -0.2) is 0 Å². The Hall–Kier alpha value is -0.610. The summed E-state index contributed by atoms with van der Waals surface area (Å²) < 4.78 is 11.5. The third kappa shape index (κ3) is 3.40. The summed E-state index contributed by atoms with van der Waals surface area (Å²) >= 11 is 0. The van der Waals surface area contributed by atoms with Crippen LogP contribution in [0.15, 0.2) is 0 Å². The van der Waals surface area contributed by atoms with Crippen molar-refractivity contribution < 1.29 is 39.8 Å². The summed E-state index contributed by atoms with van der Waals surface area (Å²) in [6.45, 7) is 6.33. The second kappa shape index (κ2) is 8.20. The quantitative estimate of drug-likeness (QED) is 0.402. The van der Waals surface area contributed by atoms with Gasteiger partial charge in [0.25, 0.3) is 0 Å². The van der Waals surface area contributed by atoms with E-state index in [-0.39, 0.29) is 22.9 Å². The second-order valence-corrected chi connectivity index (χ2v) is 13.0. The Kier molecular flexibility index (Phi) is 6.04. The Morgan fingerprint density at radius 3 is 2.38 bits per heavy atom. The minimum absolute atomic E-state index is 0.0259. The van der Waals surface area contributed by atoms with Gasteiger partial charge in [0.15, 0.2) is 6.29 Å². The standard InChI is InChI=1S/C26H42O8/c1-23(2)15-4-8-25-10-18(29)26(12-25,9-5-16(25)24(15,3)7-6-17(23)28)13-33-22-21(32)20(31)19(30)14(11-27)34-22/h14-16,18-22,27,29-32H,4-13H2,1-3H3/t14-,15?,16+,18-,19-,20+,21-,22-,24-,25?,26?/m1/s1. The molecule has 5 aliphatic rings. The molecular formula is C26H42O8. The molecule has 1 saturated heterocycles. The summed E-state index contributed by atoms with van der Waals surface area (Å²) in [5.74, 6) is 1.21. The van der Waals surface area contributed by atoms with E-state index in [1.54, 1.807) is 0 Å². The first kappa shape index (κ1) is 25.1. The second-order valence-electron chi connectivity index (χ2n) is 13.0. The Labute approximate surface area is 201 Å². The van der Waals surface area contributed by atoms with E-state index >= 15 is 0 Å². The van der Waals surface area contributed by atoms with Crippen molar-refractivity contribution in [3.05, 3.63) is 0 Å². The van der Waals surface area contributed by atoms with Crippen molar-refractivity contribution in [2.24, 2.45) is 33.5 Å². The summed E-state index contributed by atoms with van der Waals surface area (Å²) in [5.41, 5.74) is -0.632. The van der Waals surface area contributed by atoms with Crippen LogP contribution in [0.25, 0.3) is 0 Å². The number of rotatable bonds is 4. The molecule has 4 saturated carbocycles. The van der Waals surface area contributed by atoms with Crippen LogP contribution in [0.3, 0.4) is 0 Å². The van der Waals surface area contributed by atoms with Crippen molar-refractivity contribution in [3.8, 4) is 0 Å². The number of carbonyl (C=O) groups excluding carboxylic acids is 1. The van der Waals surface area contributed by atoms with Crippen molar-refractivity contribution >= 4 is 5.78 Å². The van der Waals surface area contributed by atoms with Crippen LogP contribution in [0.2, 0.25) is 0 Å². The molecule has 0 radical (unpaired) electrons. The van der Waals surface area contributed by atoms with Crippen LogP contribution in [0.1, 0.15) is 72.1 Å². The third-order valence-corrected chi connectivity index (χ3v) is 11.1. The van der Waals surface area contributed by atoms with Gasteiger partial charge in [-0.05, 0) is 67.6 Å². The van der Waals surface area contributed by atoms with E-state index in [0.29, 0.717) is 24.0 Å². The van der Waals surface area contributed by atoms with Crippen LogP contribution < -0.4 is 0 Å². The zero-order chi connectivity index (χ0) is 24.7. The van der Waals surface area contributed by atoms with E-state index < -0.39 is 48.8 Å². The number of ketones is 1. The van der Waals surface area contributed by atoms with Gasteiger partial charge in [0.2, 0.25) is 0 Å². The van der Waals surface area contributed by atoms with Crippen LogP contribution in [-0.4, -0.2) is 81.3 Å². The molecule has 8 nitrogen and oxygen atoms in total. The van der Waals surface area contributed by atoms with Crippen LogP contribution >= 0.6 is 0 Å².